The van der Waals surface area contributed by atoms with Crippen LogP contribution >= 0.6 is 11.3 Å². The molecular formula is C22H26FN3O2S. The number of aryl methyl sites for hydroxylation is 2. The predicted octanol–water partition coefficient (Wildman–Crippen LogP) is 4.86. The van der Waals surface area contributed by atoms with Gasteiger partial charge in [-0.25, -0.2) is 14.2 Å². The zero-order valence-corrected chi connectivity index (χ0v) is 17.3. The molecular weight excluding hydrogens is 389 g/mol. The number of hydrogen-bond donors (Lipinski definition) is 1. The molecule has 0 bridgehead atoms. The molecule has 0 radical (unpaired) electrons. The van der Waals surface area contributed by atoms with Crippen LogP contribution in [0.5, 0.6) is 0 Å². The lowest BCUT2D eigenvalue weighted by molar-refractivity contribution is 0.150. The van der Waals surface area contributed by atoms with Gasteiger partial charge in [0.15, 0.2) is 5.13 Å². The van der Waals surface area contributed by atoms with Gasteiger partial charge in [-0.05, 0) is 68.6 Å². The van der Waals surface area contributed by atoms with Crippen LogP contribution in [0.2, 0.25) is 0 Å². The van der Waals surface area contributed by atoms with Gasteiger partial charge >= 0.3 is 6.09 Å². The molecule has 7 heteroatoms. The Hall–Kier alpha value is -2.15. The van der Waals surface area contributed by atoms with Crippen LogP contribution < -0.4 is 5.32 Å². The van der Waals surface area contributed by atoms with Crippen molar-refractivity contribution in [3.8, 4) is 11.3 Å². The standard InChI is InChI=1S/C22H26FN3O2S/c23-16-7-6-15-2-1-3-19-20(18(15)12-16)25-21(29-19)24-17-8-4-14(5-9-17)13-26-10-11-28-22(26)27/h6-7,12,14,17H,1-5,8-11,13H2,(H,24,25). The van der Waals surface area contributed by atoms with E-state index in [2.05, 4.69) is 5.32 Å². The van der Waals surface area contributed by atoms with Gasteiger partial charge in [0.05, 0.1) is 12.2 Å². The van der Waals surface area contributed by atoms with Crippen LogP contribution in [-0.2, 0) is 17.6 Å². The van der Waals surface area contributed by atoms with Crippen LogP contribution in [-0.4, -0.2) is 41.7 Å². The number of amides is 1. The molecule has 1 N–H and O–H groups in total. The summed E-state index contributed by atoms with van der Waals surface area (Å²) in [7, 11) is 0. The van der Waals surface area contributed by atoms with Gasteiger partial charge < -0.3 is 15.0 Å². The van der Waals surface area contributed by atoms with Gasteiger partial charge in [0.2, 0.25) is 0 Å². The van der Waals surface area contributed by atoms with Crippen LogP contribution in [0.3, 0.4) is 0 Å². The number of benzene rings is 1. The van der Waals surface area contributed by atoms with Crippen LogP contribution in [0.1, 0.15) is 42.5 Å². The Bertz CT molecular complexity index is 907. The fraction of sp³-hybridized carbons (Fsp3) is 0.545. The van der Waals surface area contributed by atoms with E-state index in [0.29, 0.717) is 18.6 Å². The maximum absolute atomic E-state index is 13.8. The minimum atomic E-state index is -0.195. The highest BCUT2D eigenvalue weighted by Crippen LogP contribution is 2.38. The average molecular weight is 416 g/mol. The minimum absolute atomic E-state index is 0.161. The molecule has 1 saturated heterocycles. The SMILES string of the molecule is O=C1OCCN1CC1CCC(Nc2nc3c(s2)CCCc2ccc(F)cc2-3)CC1. The van der Waals surface area contributed by atoms with E-state index in [1.54, 1.807) is 23.5 Å². The number of halogens is 1. The number of rotatable bonds is 4. The fourth-order valence-electron chi connectivity index (χ4n) is 4.79. The highest BCUT2D eigenvalue weighted by atomic mass is 32.1. The van der Waals surface area contributed by atoms with E-state index in [4.69, 9.17) is 9.72 Å². The first-order valence-corrected chi connectivity index (χ1v) is 11.4. The number of nitrogens with one attached hydrogen (secondary N) is 1. The van der Waals surface area contributed by atoms with E-state index in [1.165, 1.54) is 10.4 Å². The van der Waals surface area contributed by atoms with Gasteiger partial charge in [-0.1, -0.05) is 6.07 Å². The van der Waals surface area contributed by atoms with Crippen molar-refractivity contribution in [2.45, 2.75) is 51.0 Å². The average Bonchev–Trinajstić information content (AvgIpc) is 3.26. The van der Waals surface area contributed by atoms with Crippen molar-refractivity contribution in [3.63, 3.8) is 0 Å². The molecule has 2 aliphatic carbocycles. The molecule has 1 amide bonds. The van der Waals surface area contributed by atoms with Crippen molar-refractivity contribution in [1.82, 2.24) is 9.88 Å². The number of aromatic nitrogens is 1. The molecule has 0 unspecified atom stereocenters. The molecule has 1 saturated carbocycles. The number of fused-ring (bicyclic) bond motifs is 3. The molecule has 0 spiro atoms. The number of carbonyl (C=O) groups excluding carboxylic acids is 1. The zero-order valence-electron chi connectivity index (χ0n) is 16.5. The van der Waals surface area contributed by atoms with E-state index in [9.17, 15) is 9.18 Å². The van der Waals surface area contributed by atoms with Crippen LogP contribution in [0.25, 0.3) is 11.3 Å². The molecule has 5 rings (SSSR count). The molecule has 2 aromatic rings. The number of cyclic esters (lactones) is 1. The number of anilines is 1. The molecule has 2 fully saturated rings. The lowest BCUT2D eigenvalue weighted by atomic mass is 9.86. The van der Waals surface area contributed by atoms with Gasteiger partial charge in [0, 0.05) is 23.0 Å². The van der Waals surface area contributed by atoms with Crippen molar-refractivity contribution < 1.29 is 13.9 Å². The number of ether oxygens (including phenoxy) is 1. The smallest absolute Gasteiger partial charge is 0.409 e. The molecule has 2 heterocycles. The van der Waals surface area contributed by atoms with E-state index >= 15 is 0 Å². The second-order valence-corrected chi connectivity index (χ2v) is 9.45. The summed E-state index contributed by atoms with van der Waals surface area (Å²) >= 11 is 1.72. The van der Waals surface area contributed by atoms with E-state index in [-0.39, 0.29) is 11.9 Å². The number of thiazole rings is 1. The third-order valence-corrected chi connectivity index (χ3v) is 7.42. The molecule has 1 aromatic carbocycles. The van der Waals surface area contributed by atoms with Gasteiger partial charge in [0.1, 0.15) is 12.4 Å². The summed E-state index contributed by atoms with van der Waals surface area (Å²) in [5, 5.41) is 4.59. The maximum Gasteiger partial charge on any atom is 0.409 e. The zero-order chi connectivity index (χ0) is 19.8. The summed E-state index contributed by atoms with van der Waals surface area (Å²) in [6.45, 7) is 2.07. The first kappa shape index (κ1) is 18.9. The molecule has 1 aromatic heterocycles. The van der Waals surface area contributed by atoms with Crippen molar-refractivity contribution in [1.29, 1.82) is 0 Å². The Kier molecular flexibility index (Phi) is 5.16. The monoisotopic (exact) mass is 415 g/mol. The first-order valence-electron chi connectivity index (χ1n) is 10.6. The molecule has 1 aliphatic heterocycles. The minimum Gasteiger partial charge on any atom is -0.448 e. The largest absolute Gasteiger partial charge is 0.448 e. The fourth-order valence-corrected chi connectivity index (χ4v) is 5.88. The molecule has 5 nitrogen and oxygen atoms in total. The summed E-state index contributed by atoms with van der Waals surface area (Å²) in [4.78, 5) is 19.6. The summed E-state index contributed by atoms with van der Waals surface area (Å²) in [6, 6.07) is 5.51. The Morgan fingerprint density at radius 3 is 2.90 bits per heavy atom. The summed E-state index contributed by atoms with van der Waals surface area (Å²) in [6.07, 6.45) is 7.30. The molecule has 3 aliphatic rings. The van der Waals surface area contributed by atoms with Gasteiger partial charge in [-0.15, -0.1) is 11.3 Å². The number of nitrogens with zero attached hydrogens (tertiary/aromatic N) is 2. The van der Waals surface area contributed by atoms with Crippen molar-refractivity contribution in [2.75, 3.05) is 25.0 Å². The lowest BCUT2D eigenvalue weighted by Crippen LogP contribution is -2.34. The Morgan fingerprint density at radius 1 is 1.24 bits per heavy atom. The van der Waals surface area contributed by atoms with Gasteiger partial charge in [0.25, 0.3) is 0 Å². The Morgan fingerprint density at radius 2 is 2.10 bits per heavy atom. The highest BCUT2D eigenvalue weighted by molar-refractivity contribution is 7.16. The van der Waals surface area contributed by atoms with E-state index in [0.717, 1.165) is 74.4 Å². The van der Waals surface area contributed by atoms with E-state index < -0.39 is 0 Å². The third-order valence-electron chi connectivity index (χ3n) is 6.37. The topological polar surface area (TPSA) is 54.5 Å². The van der Waals surface area contributed by atoms with Crippen molar-refractivity contribution in [3.05, 3.63) is 34.5 Å². The second kappa shape index (κ2) is 7.94. The van der Waals surface area contributed by atoms with Gasteiger partial charge in [-0.3, -0.25) is 0 Å². The van der Waals surface area contributed by atoms with Crippen molar-refractivity contribution >= 4 is 22.6 Å². The van der Waals surface area contributed by atoms with Crippen LogP contribution in [0.4, 0.5) is 14.3 Å². The summed E-state index contributed by atoms with van der Waals surface area (Å²) < 4.78 is 18.9. The summed E-state index contributed by atoms with van der Waals surface area (Å²) in [5.74, 6) is 0.362. The molecule has 0 atom stereocenters. The number of hydrogen-bond acceptors (Lipinski definition) is 5. The second-order valence-electron chi connectivity index (χ2n) is 8.37. The Labute approximate surface area is 174 Å². The van der Waals surface area contributed by atoms with Crippen LogP contribution in [0, 0.1) is 11.7 Å². The number of carbonyl (C=O) groups is 1. The quantitative estimate of drug-likeness (QED) is 0.775. The molecule has 154 valence electrons. The van der Waals surface area contributed by atoms with E-state index in [1.807, 2.05) is 11.0 Å². The Balaban J connectivity index is 1.23. The van der Waals surface area contributed by atoms with Crippen LogP contribution in [0.15, 0.2) is 18.2 Å². The first-order chi connectivity index (χ1) is 14.2. The maximum atomic E-state index is 13.8. The van der Waals surface area contributed by atoms with Crippen molar-refractivity contribution in [2.24, 2.45) is 5.92 Å². The third kappa shape index (κ3) is 3.97. The normalized spacial score (nSPS) is 23.9. The molecule has 29 heavy (non-hydrogen) atoms. The summed E-state index contributed by atoms with van der Waals surface area (Å²) in [5.41, 5.74) is 3.12. The van der Waals surface area contributed by atoms with Gasteiger partial charge in [-0.2, -0.15) is 0 Å². The highest BCUT2D eigenvalue weighted by Gasteiger charge is 2.29. The predicted molar refractivity (Wildman–Crippen MR) is 112 cm³/mol. The lowest BCUT2D eigenvalue weighted by Gasteiger charge is -2.30.